The van der Waals surface area contributed by atoms with Crippen molar-refractivity contribution in [1.82, 2.24) is 0 Å². The molecule has 0 bridgehead atoms. The number of aliphatic hydroxyl groups is 2. The minimum absolute atomic E-state index is 0.0549. The standard InChI is InChI=1S/C17H26O5/c1-12(2)16(17(20)21)9-13-4-5-14(10-19)15(8-13)11-22-7-3-6-18/h4-5,8,12,16,18-19H,3,6-7,9-11H2,1-2H3,(H,20,21)/t16-/m1/s1. The van der Waals surface area contributed by atoms with E-state index < -0.39 is 11.9 Å². The van der Waals surface area contributed by atoms with Gasteiger partial charge in [0.2, 0.25) is 0 Å². The molecule has 0 amide bonds. The number of benzene rings is 1. The highest BCUT2D eigenvalue weighted by Gasteiger charge is 2.22. The van der Waals surface area contributed by atoms with Gasteiger partial charge in [0.25, 0.3) is 0 Å². The number of carboxylic acids is 1. The number of rotatable bonds is 10. The molecule has 0 aliphatic rings. The van der Waals surface area contributed by atoms with Crippen LogP contribution in [0.15, 0.2) is 18.2 Å². The number of hydrogen-bond donors (Lipinski definition) is 3. The van der Waals surface area contributed by atoms with E-state index in [0.29, 0.717) is 26.1 Å². The van der Waals surface area contributed by atoms with E-state index in [1.807, 2.05) is 32.0 Å². The third kappa shape index (κ3) is 5.75. The molecule has 0 saturated heterocycles. The predicted molar refractivity (Wildman–Crippen MR) is 83.4 cm³/mol. The summed E-state index contributed by atoms with van der Waals surface area (Å²) in [6.07, 6.45) is 1.03. The molecule has 124 valence electrons. The van der Waals surface area contributed by atoms with E-state index in [2.05, 4.69) is 0 Å². The summed E-state index contributed by atoms with van der Waals surface area (Å²) in [4.78, 5) is 11.3. The van der Waals surface area contributed by atoms with Crippen molar-refractivity contribution in [3.05, 3.63) is 34.9 Å². The maximum Gasteiger partial charge on any atom is 0.307 e. The molecule has 0 spiro atoms. The molecule has 1 rings (SSSR count). The van der Waals surface area contributed by atoms with E-state index in [0.717, 1.165) is 16.7 Å². The van der Waals surface area contributed by atoms with Crippen LogP contribution in [0.3, 0.4) is 0 Å². The third-order valence-corrected chi connectivity index (χ3v) is 3.72. The Morgan fingerprint density at radius 2 is 1.95 bits per heavy atom. The highest BCUT2D eigenvalue weighted by molar-refractivity contribution is 5.70. The minimum Gasteiger partial charge on any atom is -0.481 e. The lowest BCUT2D eigenvalue weighted by molar-refractivity contribution is -0.143. The van der Waals surface area contributed by atoms with Gasteiger partial charge in [0, 0.05) is 13.2 Å². The van der Waals surface area contributed by atoms with Crippen LogP contribution in [-0.4, -0.2) is 34.5 Å². The van der Waals surface area contributed by atoms with Crippen LogP contribution in [-0.2, 0) is 29.2 Å². The van der Waals surface area contributed by atoms with E-state index in [-0.39, 0.29) is 19.1 Å². The minimum atomic E-state index is -0.790. The lowest BCUT2D eigenvalue weighted by atomic mass is 9.88. The van der Waals surface area contributed by atoms with Crippen molar-refractivity contribution in [2.45, 2.75) is 39.9 Å². The van der Waals surface area contributed by atoms with E-state index in [4.69, 9.17) is 9.84 Å². The van der Waals surface area contributed by atoms with Crippen molar-refractivity contribution >= 4 is 5.97 Å². The number of aliphatic carboxylic acids is 1. The first-order valence-corrected chi connectivity index (χ1v) is 7.62. The highest BCUT2D eigenvalue weighted by atomic mass is 16.5. The summed E-state index contributed by atoms with van der Waals surface area (Å²) in [6, 6.07) is 5.59. The summed E-state index contributed by atoms with van der Waals surface area (Å²) in [7, 11) is 0. The van der Waals surface area contributed by atoms with Crippen molar-refractivity contribution < 1.29 is 24.9 Å². The maximum atomic E-state index is 11.3. The van der Waals surface area contributed by atoms with Crippen molar-refractivity contribution in [2.75, 3.05) is 13.2 Å². The van der Waals surface area contributed by atoms with E-state index in [9.17, 15) is 15.0 Å². The molecule has 1 aromatic carbocycles. The molecule has 1 atom stereocenters. The third-order valence-electron chi connectivity index (χ3n) is 3.72. The van der Waals surface area contributed by atoms with Crippen LogP contribution < -0.4 is 0 Å². The van der Waals surface area contributed by atoms with Gasteiger partial charge >= 0.3 is 5.97 Å². The second-order valence-electron chi connectivity index (χ2n) is 5.78. The number of carboxylic acid groups (broad SMARTS) is 1. The van der Waals surface area contributed by atoms with E-state index >= 15 is 0 Å². The average molecular weight is 310 g/mol. The fraction of sp³-hybridized carbons (Fsp3) is 0.588. The van der Waals surface area contributed by atoms with Crippen LogP contribution in [0.4, 0.5) is 0 Å². The maximum absolute atomic E-state index is 11.3. The van der Waals surface area contributed by atoms with Crippen LogP contribution >= 0.6 is 0 Å². The fourth-order valence-electron chi connectivity index (χ4n) is 2.31. The number of carbonyl (C=O) groups is 1. The second-order valence-corrected chi connectivity index (χ2v) is 5.78. The zero-order valence-corrected chi connectivity index (χ0v) is 13.3. The summed E-state index contributed by atoms with van der Waals surface area (Å²) < 4.78 is 5.47. The van der Waals surface area contributed by atoms with E-state index in [1.165, 1.54) is 0 Å². The van der Waals surface area contributed by atoms with Gasteiger partial charge in [-0.1, -0.05) is 32.0 Å². The predicted octanol–water partition coefficient (Wildman–Crippen LogP) is 1.98. The topological polar surface area (TPSA) is 87.0 Å². The molecule has 5 heteroatoms. The van der Waals surface area contributed by atoms with Gasteiger partial charge in [0.05, 0.1) is 19.1 Å². The van der Waals surface area contributed by atoms with Crippen LogP contribution in [0.1, 0.15) is 37.0 Å². The monoisotopic (exact) mass is 310 g/mol. The Morgan fingerprint density at radius 1 is 1.23 bits per heavy atom. The summed E-state index contributed by atoms with van der Waals surface area (Å²) in [6.45, 7) is 4.62. The molecule has 3 N–H and O–H groups in total. The van der Waals surface area contributed by atoms with Crippen LogP contribution in [0.25, 0.3) is 0 Å². The normalized spacial score (nSPS) is 12.6. The molecule has 5 nitrogen and oxygen atoms in total. The number of ether oxygens (including phenoxy) is 1. The Kier molecular flexibility index (Phi) is 8.09. The zero-order valence-electron chi connectivity index (χ0n) is 13.3. The molecule has 0 radical (unpaired) electrons. The summed E-state index contributed by atoms with van der Waals surface area (Å²) >= 11 is 0. The molecule has 0 saturated carbocycles. The summed E-state index contributed by atoms with van der Waals surface area (Å²) in [5.41, 5.74) is 2.58. The van der Waals surface area contributed by atoms with Gasteiger partial charge in [-0.15, -0.1) is 0 Å². The number of hydrogen-bond acceptors (Lipinski definition) is 4. The van der Waals surface area contributed by atoms with Gasteiger partial charge in [-0.3, -0.25) is 4.79 Å². The molecule has 0 aliphatic heterocycles. The van der Waals surface area contributed by atoms with Gasteiger partial charge in [0.1, 0.15) is 0 Å². The molecule has 1 aromatic rings. The summed E-state index contributed by atoms with van der Waals surface area (Å²) in [5.74, 6) is -1.16. The van der Waals surface area contributed by atoms with Gasteiger partial charge in [-0.2, -0.15) is 0 Å². The molecule has 0 unspecified atom stereocenters. The first-order chi connectivity index (χ1) is 10.5. The Morgan fingerprint density at radius 3 is 2.50 bits per heavy atom. The van der Waals surface area contributed by atoms with Gasteiger partial charge < -0.3 is 20.1 Å². The molecule has 0 aromatic heterocycles. The molecule has 0 heterocycles. The van der Waals surface area contributed by atoms with Crippen molar-refractivity contribution in [3.8, 4) is 0 Å². The molecule has 0 aliphatic carbocycles. The first kappa shape index (κ1) is 18.6. The van der Waals surface area contributed by atoms with E-state index in [1.54, 1.807) is 0 Å². The largest absolute Gasteiger partial charge is 0.481 e. The highest BCUT2D eigenvalue weighted by Crippen LogP contribution is 2.21. The Hall–Kier alpha value is -1.43. The van der Waals surface area contributed by atoms with Crippen molar-refractivity contribution in [3.63, 3.8) is 0 Å². The lowest BCUT2D eigenvalue weighted by Crippen LogP contribution is -2.22. The van der Waals surface area contributed by atoms with Gasteiger partial charge in [0.15, 0.2) is 0 Å². The SMILES string of the molecule is CC(C)[C@@H](Cc1ccc(CO)c(COCCCO)c1)C(=O)O. The van der Waals surface area contributed by atoms with Gasteiger partial charge in [-0.25, -0.2) is 0 Å². The molecule has 22 heavy (non-hydrogen) atoms. The quantitative estimate of drug-likeness (QED) is 0.575. The molecular formula is C17H26O5. The molecular weight excluding hydrogens is 284 g/mol. The lowest BCUT2D eigenvalue weighted by Gasteiger charge is -2.17. The first-order valence-electron chi connectivity index (χ1n) is 7.62. The Bertz CT molecular complexity index is 470. The van der Waals surface area contributed by atoms with Crippen molar-refractivity contribution in [2.24, 2.45) is 11.8 Å². The smallest absolute Gasteiger partial charge is 0.307 e. The Balaban J connectivity index is 2.82. The fourth-order valence-corrected chi connectivity index (χ4v) is 2.31. The number of aliphatic hydroxyl groups excluding tert-OH is 2. The van der Waals surface area contributed by atoms with Crippen LogP contribution in [0, 0.1) is 11.8 Å². The summed E-state index contributed by atoms with van der Waals surface area (Å²) in [5, 5.41) is 27.4. The second kappa shape index (κ2) is 9.56. The Labute approximate surface area is 131 Å². The van der Waals surface area contributed by atoms with Gasteiger partial charge in [-0.05, 0) is 35.4 Å². The average Bonchev–Trinajstić information content (AvgIpc) is 2.48. The zero-order chi connectivity index (χ0) is 16.5. The van der Waals surface area contributed by atoms with Crippen LogP contribution in [0.2, 0.25) is 0 Å². The molecule has 0 fully saturated rings. The van der Waals surface area contributed by atoms with Crippen LogP contribution in [0.5, 0.6) is 0 Å². The van der Waals surface area contributed by atoms with Crippen molar-refractivity contribution in [1.29, 1.82) is 0 Å².